The summed E-state index contributed by atoms with van der Waals surface area (Å²) in [6.07, 6.45) is 3.75. The minimum Gasteiger partial charge on any atom is -0.493 e. The van der Waals surface area contributed by atoms with Gasteiger partial charge in [-0.3, -0.25) is 4.79 Å². The number of anilines is 2. The van der Waals surface area contributed by atoms with Gasteiger partial charge in [-0.1, -0.05) is 12.1 Å². The number of methoxy groups -OCH3 is 1. The van der Waals surface area contributed by atoms with Gasteiger partial charge >= 0.3 is 0 Å². The Morgan fingerprint density at radius 3 is 2.03 bits per heavy atom. The first kappa shape index (κ1) is 20.3. The molecular weight excluding hydrogens is 382 g/mol. The van der Waals surface area contributed by atoms with E-state index in [0.717, 1.165) is 37.8 Å². The molecule has 2 fully saturated rings. The van der Waals surface area contributed by atoms with Gasteiger partial charge in [0, 0.05) is 39.3 Å². The maximum Gasteiger partial charge on any atom is 0.260 e. The molecule has 1 aromatic carbocycles. The van der Waals surface area contributed by atoms with Crippen LogP contribution in [0.3, 0.4) is 0 Å². The first-order valence-corrected chi connectivity index (χ1v) is 10.6. The van der Waals surface area contributed by atoms with Crippen LogP contribution >= 0.6 is 0 Å². The largest absolute Gasteiger partial charge is 0.493 e. The van der Waals surface area contributed by atoms with E-state index in [1.54, 1.807) is 13.2 Å². The van der Waals surface area contributed by atoms with E-state index in [0.29, 0.717) is 24.6 Å². The predicted octanol–water partition coefficient (Wildman–Crippen LogP) is 2.20. The molecule has 2 aliphatic rings. The fourth-order valence-corrected chi connectivity index (χ4v) is 3.93. The van der Waals surface area contributed by atoms with Crippen molar-refractivity contribution in [2.45, 2.75) is 19.3 Å². The average molecular weight is 412 g/mol. The second kappa shape index (κ2) is 9.65. The van der Waals surface area contributed by atoms with Gasteiger partial charge < -0.3 is 24.2 Å². The van der Waals surface area contributed by atoms with Crippen molar-refractivity contribution in [3.63, 3.8) is 0 Å². The quantitative estimate of drug-likeness (QED) is 0.722. The van der Waals surface area contributed by atoms with Crippen molar-refractivity contribution in [1.82, 2.24) is 15.1 Å². The maximum absolute atomic E-state index is 12.5. The molecule has 0 saturated carbocycles. The summed E-state index contributed by atoms with van der Waals surface area (Å²) in [7, 11) is 1.59. The molecule has 2 aliphatic heterocycles. The maximum atomic E-state index is 12.5. The van der Waals surface area contributed by atoms with Crippen molar-refractivity contribution >= 4 is 17.5 Å². The molecule has 8 nitrogen and oxygen atoms in total. The van der Waals surface area contributed by atoms with E-state index in [1.807, 2.05) is 29.2 Å². The molecule has 1 aromatic heterocycles. The number of carbonyl (C=O) groups excluding carboxylic acids is 1. The number of carbonyl (C=O) groups is 1. The Morgan fingerprint density at radius 2 is 1.43 bits per heavy atom. The lowest BCUT2D eigenvalue weighted by molar-refractivity contribution is -0.133. The summed E-state index contributed by atoms with van der Waals surface area (Å²) >= 11 is 0. The molecule has 0 unspecified atom stereocenters. The molecular formula is C22H29N5O3. The van der Waals surface area contributed by atoms with E-state index in [9.17, 15) is 4.79 Å². The Morgan fingerprint density at radius 1 is 0.833 bits per heavy atom. The van der Waals surface area contributed by atoms with Gasteiger partial charge in [-0.2, -0.15) is 0 Å². The van der Waals surface area contributed by atoms with Crippen molar-refractivity contribution < 1.29 is 14.3 Å². The van der Waals surface area contributed by atoms with Gasteiger partial charge in [0.25, 0.3) is 5.91 Å². The van der Waals surface area contributed by atoms with Crippen LogP contribution in [0.1, 0.15) is 19.3 Å². The van der Waals surface area contributed by atoms with Gasteiger partial charge in [-0.05, 0) is 43.5 Å². The van der Waals surface area contributed by atoms with E-state index in [2.05, 4.69) is 26.1 Å². The molecule has 2 saturated heterocycles. The zero-order chi connectivity index (χ0) is 20.8. The number of benzene rings is 1. The van der Waals surface area contributed by atoms with Crippen molar-refractivity contribution in [2.75, 3.05) is 62.8 Å². The number of aromatic nitrogens is 2. The number of para-hydroxylation sites is 2. The monoisotopic (exact) mass is 411 g/mol. The standard InChI is InChI=1S/C22H29N5O3/c1-29-18-7-3-4-8-19(18)30-17-22(28)27-15-13-26(14-16-27)21-10-9-20(23-24-21)25-11-5-2-6-12-25/h3-4,7-10H,2,5-6,11-17H2,1H3. The van der Waals surface area contributed by atoms with Gasteiger partial charge in [0.05, 0.1) is 7.11 Å². The molecule has 0 spiro atoms. The van der Waals surface area contributed by atoms with Crippen LogP contribution in [0.2, 0.25) is 0 Å². The summed E-state index contributed by atoms with van der Waals surface area (Å²) in [6.45, 7) is 4.88. The third-order valence-electron chi connectivity index (χ3n) is 5.69. The molecule has 2 aromatic rings. The molecule has 0 atom stereocenters. The topological polar surface area (TPSA) is 71.0 Å². The fourth-order valence-electron chi connectivity index (χ4n) is 3.93. The zero-order valence-corrected chi connectivity index (χ0v) is 17.5. The Kier molecular flexibility index (Phi) is 6.51. The molecule has 160 valence electrons. The molecule has 0 N–H and O–H groups in total. The highest BCUT2D eigenvalue weighted by molar-refractivity contribution is 5.78. The number of piperidine rings is 1. The van der Waals surface area contributed by atoms with E-state index >= 15 is 0 Å². The third-order valence-corrected chi connectivity index (χ3v) is 5.69. The van der Waals surface area contributed by atoms with Crippen LogP contribution in [0.15, 0.2) is 36.4 Å². The number of nitrogens with zero attached hydrogens (tertiary/aromatic N) is 5. The third kappa shape index (κ3) is 4.75. The SMILES string of the molecule is COc1ccccc1OCC(=O)N1CCN(c2ccc(N3CCCCC3)nn2)CC1. The van der Waals surface area contributed by atoms with E-state index in [1.165, 1.54) is 19.3 Å². The van der Waals surface area contributed by atoms with Crippen LogP contribution in [0.4, 0.5) is 11.6 Å². The smallest absolute Gasteiger partial charge is 0.260 e. The lowest BCUT2D eigenvalue weighted by Crippen LogP contribution is -2.50. The molecule has 0 bridgehead atoms. The Hall–Kier alpha value is -3.03. The number of amides is 1. The summed E-state index contributed by atoms with van der Waals surface area (Å²) in [5.74, 6) is 3.01. The number of hydrogen-bond donors (Lipinski definition) is 0. The summed E-state index contributed by atoms with van der Waals surface area (Å²) < 4.78 is 10.9. The van der Waals surface area contributed by atoms with Crippen LogP contribution in [0.5, 0.6) is 11.5 Å². The Labute approximate surface area is 177 Å². The summed E-state index contributed by atoms with van der Waals surface area (Å²) in [5.41, 5.74) is 0. The zero-order valence-electron chi connectivity index (χ0n) is 17.5. The number of ether oxygens (including phenoxy) is 2. The first-order valence-electron chi connectivity index (χ1n) is 10.6. The van der Waals surface area contributed by atoms with Crippen LogP contribution in [-0.4, -0.2) is 74.0 Å². The van der Waals surface area contributed by atoms with E-state index < -0.39 is 0 Å². The predicted molar refractivity (Wildman–Crippen MR) is 115 cm³/mol. The van der Waals surface area contributed by atoms with Crippen LogP contribution in [0, 0.1) is 0 Å². The molecule has 1 amide bonds. The Bertz CT molecular complexity index is 831. The van der Waals surface area contributed by atoms with Crippen molar-refractivity contribution in [3.05, 3.63) is 36.4 Å². The van der Waals surface area contributed by atoms with Gasteiger partial charge in [0.2, 0.25) is 0 Å². The highest BCUT2D eigenvalue weighted by atomic mass is 16.5. The van der Waals surface area contributed by atoms with Crippen LogP contribution in [-0.2, 0) is 4.79 Å². The minimum absolute atomic E-state index is 0.00467. The number of rotatable bonds is 6. The van der Waals surface area contributed by atoms with Gasteiger partial charge in [0.1, 0.15) is 0 Å². The second-order valence-electron chi connectivity index (χ2n) is 7.60. The Balaban J connectivity index is 1.26. The second-order valence-corrected chi connectivity index (χ2v) is 7.60. The summed E-state index contributed by atoms with van der Waals surface area (Å²) in [4.78, 5) is 18.9. The number of hydrogen-bond acceptors (Lipinski definition) is 7. The van der Waals surface area contributed by atoms with Crippen LogP contribution in [0.25, 0.3) is 0 Å². The highest BCUT2D eigenvalue weighted by Crippen LogP contribution is 2.26. The summed E-state index contributed by atoms with van der Waals surface area (Å²) in [5, 5.41) is 8.87. The molecule has 3 heterocycles. The number of piperazine rings is 1. The lowest BCUT2D eigenvalue weighted by atomic mass is 10.1. The van der Waals surface area contributed by atoms with Crippen molar-refractivity contribution in [2.24, 2.45) is 0 Å². The average Bonchev–Trinajstić information content (AvgIpc) is 2.83. The summed E-state index contributed by atoms with van der Waals surface area (Å²) in [6, 6.07) is 11.4. The molecule has 8 heteroatoms. The van der Waals surface area contributed by atoms with Gasteiger partial charge in [-0.15, -0.1) is 10.2 Å². The first-order chi connectivity index (χ1) is 14.7. The van der Waals surface area contributed by atoms with Crippen molar-refractivity contribution in [1.29, 1.82) is 0 Å². The minimum atomic E-state index is -0.0212. The van der Waals surface area contributed by atoms with E-state index in [4.69, 9.17) is 9.47 Å². The van der Waals surface area contributed by atoms with Gasteiger partial charge in [-0.25, -0.2) is 0 Å². The van der Waals surface area contributed by atoms with Crippen molar-refractivity contribution in [3.8, 4) is 11.5 Å². The van der Waals surface area contributed by atoms with E-state index in [-0.39, 0.29) is 12.5 Å². The molecule has 4 rings (SSSR count). The highest BCUT2D eigenvalue weighted by Gasteiger charge is 2.23. The van der Waals surface area contributed by atoms with Gasteiger partial charge in [0.15, 0.2) is 29.7 Å². The fraction of sp³-hybridized carbons (Fsp3) is 0.500. The van der Waals surface area contributed by atoms with Crippen LogP contribution < -0.4 is 19.3 Å². The normalized spacial score (nSPS) is 17.0. The molecule has 30 heavy (non-hydrogen) atoms. The molecule has 0 aliphatic carbocycles. The lowest BCUT2D eigenvalue weighted by Gasteiger charge is -2.35. The molecule has 0 radical (unpaired) electrons.